The van der Waals surface area contributed by atoms with Crippen molar-refractivity contribution in [1.29, 1.82) is 0 Å². The third-order valence-electron chi connectivity index (χ3n) is 1.62. The molecule has 7 heteroatoms. The number of thiocarbonyl (C=S) groups is 1. The molecule has 0 aromatic carbocycles. The zero-order chi connectivity index (χ0) is 12.0. The topological polar surface area (TPSA) is 61.9 Å². The summed E-state index contributed by atoms with van der Waals surface area (Å²) < 4.78 is 0. The molecule has 1 aromatic rings. The summed E-state index contributed by atoms with van der Waals surface area (Å²) in [5, 5.41) is 3.88. The van der Waals surface area contributed by atoms with Crippen molar-refractivity contribution in [3.05, 3.63) is 30.1 Å². The number of anilines is 1. The van der Waals surface area contributed by atoms with Crippen LogP contribution in [0.25, 0.3) is 0 Å². The van der Waals surface area contributed by atoms with E-state index in [9.17, 15) is 0 Å². The standard InChI is InChI=1S/C9H12ClN5S/c1-3-6(2)13-9(16)15-14-8-11-4-7(10)5-12-8/h3-6H,1H2,2H3,(H,11,12,14)(H2,13,15,16)/t6-/m0/s1. The first-order chi connectivity index (χ1) is 7.61. The van der Waals surface area contributed by atoms with Crippen LogP contribution in [0.15, 0.2) is 25.0 Å². The molecular weight excluding hydrogens is 246 g/mol. The maximum Gasteiger partial charge on any atom is 0.241 e. The molecule has 1 aromatic heterocycles. The number of hydrazine groups is 1. The summed E-state index contributed by atoms with van der Waals surface area (Å²) in [4.78, 5) is 7.85. The SMILES string of the molecule is C=C[C@H](C)NC(=S)NNc1ncc(Cl)cn1. The van der Waals surface area contributed by atoms with E-state index in [-0.39, 0.29) is 6.04 Å². The van der Waals surface area contributed by atoms with E-state index in [0.717, 1.165) is 0 Å². The van der Waals surface area contributed by atoms with Crippen molar-refractivity contribution >= 4 is 34.9 Å². The molecule has 16 heavy (non-hydrogen) atoms. The van der Waals surface area contributed by atoms with Crippen LogP contribution in [0.3, 0.4) is 0 Å². The lowest BCUT2D eigenvalue weighted by molar-refractivity contribution is 0.791. The molecule has 0 aliphatic carbocycles. The second kappa shape index (κ2) is 6.24. The largest absolute Gasteiger partial charge is 0.355 e. The Labute approximate surface area is 104 Å². The molecule has 0 saturated heterocycles. The van der Waals surface area contributed by atoms with Gasteiger partial charge in [-0.05, 0) is 19.1 Å². The van der Waals surface area contributed by atoms with Crippen LogP contribution in [0.5, 0.6) is 0 Å². The van der Waals surface area contributed by atoms with Crippen LogP contribution < -0.4 is 16.2 Å². The van der Waals surface area contributed by atoms with E-state index in [4.69, 9.17) is 23.8 Å². The summed E-state index contributed by atoms with van der Waals surface area (Å²) in [5.41, 5.74) is 5.47. The third-order valence-corrected chi connectivity index (χ3v) is 2.04. The number of nitrogens with zero attached hydrogens (tertiary/aromatic N) is 2. The van der Waals surface area contributed by atoms with Gasteiger partial charge in [-0.2, -0.15) is 0 Å². The first-order valence-electron chi connectivity index (χ1n) is 4.54. The normalized spacial score (nSPS) is 11.4. The molecule has 3 N–H and O–H groups in total. The van der Waals surface area contributed by atoms with Crippen LogP contribution in [0.2, 0.25) is 5.02 Å². The van der Waals surface area contributed by atoms with E-state index < -0.39 is 0 Å². The van der Waals surface area contributed by atoms with Crippen molar-refractivity contribution in [1.82, 2.24) is 20.7 Å². The van der Waals surface area contributed by atoms with Gasteiger partial charge in [0.2, 0.25) is 5.95 Å². The lowest BCUT2D eigenvalue weighted by Crippen LogP contribution is -2.42. The van der Waals surface area contributed by atoms with Crippen molar-refractivity contribution in [3.63, 3.8) is 0 Å². The molecule has 0 spiro atoms. The van der Waals surface area contributed by atoms with Crippen molar-refractivity contribution in [2.45, 2.75) is 13.0 Å². The second-order valence-electron chi connectivity index (χ2n) is 2.97. The average molecular weight is 258 g/mol. The van der Waals surface area contributed by atoms with Gasteiger partial charge in [-0.1, -0.05) is 17.7 Å². The maximum absolute atomic E-state index is 5.64. The number of aromatic nitrogens is 2. The van der Waals surface area contributed by atoms with Crippen LogP contribution in [0, 0.1) is 0 Å². The van der Waals surface area contributed by atoms with E-state index in [0.29, 0.717) is 16.1 Å². The first-order valence-corrected chi connectivity index (χ1v) is 5.33. The van der Waals surface area contributed by atoms with Gasteiger partial charge in [-0.3, -0.25) is 10.9 Å². The summed E-state index contributed by atoms with van der Waals surface area (Å²) in [5.74, 6) is 0.389. The Morgan fingerprint density at radius 2 is 2.19 bits per heavy atom. The Morgan fingerprint density at radius 3 is 2.75 bits per heavy atom. The van der Waals surface area contributed by atoms with Gasteiger partial charge in [0.05, 0.1) is 17.4 Å². The molecule has 0 unspecified atom stereocenters. The van der Waals surface area contributed by atoms with Gasteiger partial charge in [-0.25, -0.2) is 9.97 Å². The second-order valence-corrected chi connectivity index (χ2v) is 3.82. The van der Waals surface area contributed by atoms with E-state index in [2.05, 4.69) is 32.7 Å². The van der Waals surface area contributed by atoms with Crippen LogP contribution >= 0.6 is 23.8 Å². The maximum atomic E-state index is 5.64. The number of halogens is 1. The Hall–Kier alpha value is -1.40. The number of nitrogens with one attached hydrogen (secondary N) is 3. The molecular formula is C9H12ClN5S. The van der Waals surface area contributed by atoms with Crippen LogP contribution in [-0.2, 0) is 0 Å². The van der Waals surface area contributed by atoms with Crippen molar-refractivity contribution in [3.8, 4) is 0 Å². The van der Waals surface area contributed by atoms with Crippen molar-refractivity contribution < 1.29 is 0 Å². The van der Waals surface area contributed by atoms with Crippen LogP contribution in [0.4, 0.5) is 5.95 Å². The highest BCUT2D eigenvalue weighted by atomic mass is 35.5. The molecule has 0 aliphatic rings. The molecule has 1 heterocycles. The number of rotatable bonds is 4. The minimum absolute atomic E-state index is 0.0907. The Balaban J connectivity index is 2.37. The zero-order valence-corrected chi connectivity index (χ0v) is 10.3. The molecule has 0 amide bonds. The fraction of sp³-hybridized carbons (Fsp3) is 0.222. The van der Waals surface area contributed by atoms with Gasteiger partial charge in [0.25, 0.3) is 0 Å². The Kier molecular flexibility index (Phi) is 4.94. The number of hydrogen-bond acceptors (Lipinski definition) is 4. The van der Waals surface area contributed by atoms with E-state index in [1.807, 2.05) is 6.92 Å². The van der Waals surface area contributed by atoms with E-state index >= 15 is 0 Å². The lowest BCUT2D eigenvalue weighted by atomic mass is 10.3. The third kappa shape index (κ3) is 4.41. The highest BCUT2D eigenvalue weighted by Crippen LogP contribution is 2.04. The lowest BCUT2D eigenvalue weighted by Gasteiger charge is -2.13. The highest BCUT2D eigenvalue weighted by molar-refractivity contribution is 7.80. The minimum Gasteiger partial charge on any atom is -0.355 e. The predicted octanol–water partition coefficient (Wildman–Crippen LogP) is 1.50. The fourth-order valence-electron chi connectivity index (χ4n) is 0.791. The summed E-state index contributed by atoms with van der Waals surface area (Å²) in [7, 11) is 0. The molecule has 0 aliphatic heterocycles. The summed E-state index contributed by atoms with van der Waals surface area (Å²) in [6, 6.07) is 0.0907. The summed E-state index contributed by atoms with van der Waals surface area (Å²) in [6.45, 7) is 5.56. The van der Waals surface area contributed by atoms with Gasteiger partial charge < -0.3 is 5.32 Å². The van der Waals surface area contributed by atoms with Crippen molar-refractivity contribution in [2.24, 2.45) is 0 Å². The van der Waals surface area contributed by atoms with Gasteiger partial charge in [0, 0.05) is 6.04 Å². The number of hydrogen-bond donors (Lipinski definition) is 3. The smallest absolute Gasteiger partial charge is 0.241 e. The van der Waals surface area contributed by atoms with Gasteiger partial charge in [0.1, 0.15) is 0 Å². The van der Waals surface area contributed by atoms with Gasteiger partial charge >= 0.3 is 0 Å². The summed E-state index contributed by atoms with van der Waals surface area (Å²) >= 11 is 10.6. The van der Waals surface area contributed by atoms with E-state index in [1.165, 1.54) is 12.4 Å². The Morgan fingerprint density at radius 1 is 1.56 bits per heavy atom. The monoisotopic (exact) mass is 257 g/mol. The molecule has 5 nitrogen and oxygen atoms in total. The first kappa shape index (κ1) is 12.7. The molecule has 86 valence electrons. The molecule has 0 bridgehead atoms. The fourth-order valence-corrected chi connectivity index (χ4v) is 1.13. The van der Waals surface area contributed by atoms with Gasteiger partial charge in [-0.15, -0.1) is 6.58 Å². The van der Waals surface area contributed by atoms with Crippen molar-refractivity contribution in [2.75, 3.05) is 5.43 Å². The molecule has 1 atom stereocenters. The van der Waals surface area contributed by atoms with Gasteiger partial charge in [0.15, 0.2) is 5.11 Å². The molecule has 0 fully saturated rings. The average Bonchev–Trinajstić information content (AvgIpc) is 2.28. The summed E-state index contributed by atoms with van der Waals surface area (Å²) in [6.07, 6.45) is 4.72. The minimum atomic E-state index is 0.0907. The Bertz CT molecular complexity index is 367. The molecule has 1 rings (SSSR count). The zero-order valence-electron chi connectivity index (χ0n) is 8.70. The predicted molar refractivity (Wildman–Crippen MR) is 69.2 cm³/mol. The molecule has 0 radical (unpaired) electrons. The van der Waals surface area contributed by atoms with E-state index in [1.54, 1.807) is 6.08 Å². The highest BCUT2D eigenvalue weighted by Gasteiger charge is 2.00. The van der Waals surface area contributed by atoms with Crippen LogP contribution in [-0.4, -0.2) is 21.1 Å². The quantitative estimate of drug-likeness (QED) is 0.432. The van der Waals surface area contributed by atoms with Crippen LogP contribution in [0.1, 0.15) is 6.92 Å². The molecule has 0 saturated carbocycles.